The number of hydrogen-bond acceptors (Lipinski definition) is 1. The molecule has 0 bridgehead atoms. The van der Waals surface area contributed by atoms with Gasteiger partial charge in [-0.25, -0.2) is 0 Å². The topological polar surface area (TPSA) is 26.0 Å². The van der Waals surface area contributed by atoms with E-state index < -0.39 is 0 Å². The summed E-state index contributed by atoms with van der Waals surface area (Å²) in [7, 11) is 0. The van der Waals surface area contributed by atoms with Gasteiger partial charge in [-0.05, 0) is 10.8 Å². The molecule has 0 fully saturated rings. The first-order chi connectivity index (χ1) is 6.38. The molecular weight excluding hydrogens is 178 g/mol. The molecule has 2 N–H and O–H groups in total. The van der Waals surface area contributed by atoms with Gasteiger partial charge in [0.2, 0.25) is 0 Å². The minimum atomic E-state index is 1.08. The highest BCUT2D eigenvalue weighted by Crippen LogP contribution is 2.11. The van der Waals surface area contributed by atoms with Crippen LogP contribution < -0.4 is 5.73 Å². The molecule has 2 aromatic carbocycles. The molecule has 0 aromatic heterocycles. The molecule has 2 heteroatoms. The second-order valence-corrected chi connectivity index (χ2v) is 2.76. The molecular formula is C11H11NS. The second-order valence-electron chi connectivity index (χ2n) is 2.48. The molecule has 0 aliphatic rings. The van der Waals surface area contributed by atoms with E-state index in [1.54, 1.807) is 0 Å². The molecule has 0 unspecified atom stereocenters. The van der Waals surface area contributed by atoms with Crippen molar-refractivity contribution in [2.24, 2.45) is 5.73 Å². The lowest BCUT2D eigenvalue weighted by Crippen LogP contribution is -1.79. The van der Waals surface area contributed by atoms with Gasteiger partial charge < -0.3 is 5.73 Å². The summed E-state index contributed by atoms with van der Waals surface area (Å²) in [5.41, 5.74) is 5.62. The van der Waals surface area contributed by atoms with Gasteiger partial charge in [-0.1, -0.05) is 60.7 Å². The van der Waals surface area contributed by atoms with Crippen LogP contribution in [-0.4, -0.2) is 5.49 Å². The van der Waals surface area contributed by atoms with Crippen LogP contribution in [0.25, 0.3) is 10.8 Å². The fourth-order valence-corrected chi connectivity index (χ4v) is 1.13. The fourth-order valence-electron chi connectivity index (χ4n) is 1.13. The van der Waals surface area contributed by atoms with E-state index in [4.69, 9.17) is 0 Å². The van der Waals surface area contributed by atoms with Crippen molar-refractivity contribution in [1.29, 1.82) is 0 Å². The predicted octanol–water partition coefficient (Wildman–Crippen LogP) is 2.74. The smallest absolute Gasteiger partial charge is 0.0588 e. The van der Waals surface area contributed by atoms with E-state index in [0.717, 1.165) is 5.49 Å². The summed E-state index contributed by atoms with van der Waals surface area (Å²) in [5, 5.41) is 2.62. The Morgan fingerprint density at radius 1 is 0.846 bits per heavy atom. The predicted molar refractivity (Wildman–Crippen MR) is 61.8 cm³/mol. The van der Waals surface area contributed by atoms with Crippen molar-refractivity contribution in [3.8, 4) is 0 Å². The number of fused-ring (bicyclic) bond motifs is 1. The van der Waals surface area contributed by atoms with Crippen LogP contribution in [0.2, 0.25) is 0 Å². The largest absolute Gasteiger partial charge is 0.396 e. The average Bonchev–Trinajstić information content (AvgIpc) is 2.19. The summed E-state index contributed by atoms with van der Waals surface area (Å²) < 4.78 is 0. The molecule has 0 atom stereocenters. The van der Waals surface area contributed by atoms with Crippen molar-refractivity contribution in [2.45, 2.75) is 0 Å². The molecule has 0 aliphatic heterocycles. The molecule has 0 amide bonds. The molecule has 13 heavy (non-hydrogen) atoms. The zero-order valence-electron chi connectivity index (χ0n) is 7.18. The minimum Gasteiger partial charge on any atom is -0.396 e. The quantitative estimate of drug-likeness (QED) is 0.645. The van der Waals surface area contributed by atoms with Crippen LogP contribution in [-0.2, 0) is 0 Å². The SMILES string of the molecule is NC=S.c1ccc2ccccc2c1. The molecule has 66 valence electrons. The van der Waals surface area contributed by atoms with Gasteiger partial charge in [0.15, 0.2) is 0 Å². The highest BCUT2D eigenvalue weighted by Gasteiger charge is 1.85. The monoisotopic (exact) mass is 189 g/mol. The van der Waals surface area contributed by atoms with Gasteiger partial charge in [0, 0.05) is 0 Å². The number of benzene rings is 2. The maximum Gasteiger partial charge on any atom is 0.0588 e. The molecule has 0 saturated carbocycles. The van der Waals surface area contributed by atoms with Crippen molar-refractivity contribution in [3.63, 3.8) is 0 Å². The van der Waals surface area contributed by atoms with E-state index in [9.17, 15) is 0 Å². The minimum absolute atomic E-state index is 1.08. The number of nitrogens with two attached hydrogens (primary N) is 1. The first-order valence-corrected chi connectivity index (χ1v) is 4.45. The third kappa shape index (κ3) is 2.84. The van der Waals surface area contributed by atoms with Gasteiger partial charge >= 0.3 is 0 Å². The van der Waals surface area contributed by atoms with Gasteiger partial charge in [0.1, 0.15) is 0 Å². The molecule has 0 heterocycles. The van der Waals surface area contributed by atoms with Gasteiger partial charge in [0.25, 0.3) is 0 Å². The lowest BCUT2D eigenvalue weighted by atomic mass is 10.1. The molecule has 0 spiro atoms. The molecule has 2 rings (SSSR count). The zero-order chi connectivity index (χ0) is 9.52. The summed E-state index contributed by atoms with van der Waals surface area (Å²) in [6, 6.07) is 16.7. The van der Waals surface area contributed by atoms with Crippen molar-refractivity contribution in [2.75, 3.05) is 0 Å². The molecule has 0 aliphatic carbocycles. The number of thiocarbonyl (C=S) groups is 1. The van der Waals surface area contributed by atoms with Crippen LogP contribution in [0.5, 0.6) is 0 Å². The van der Waals surface area contributed by atoms with Crippen LogP contribution >= 0.6 is 12.2 Å². The molecule has 0 radical (unpaired) electrons. The maximum atomic E-state index is 4.54. The maximum absolute atomic E-state index is 4.54. The zero-order valence-corrected chi connectivity index (χ0v) is 8.00. The van der Waals surface area contributed by atoms with E-state index in [0.29, 0.717) is 0 Å². The van der Waals surface area contributed by atoms with Crippen molar-refractivity contribution < 1.29 is 0 Å². The number of hydrogen-bond donors (Lipinski definition) is 1. The van der Waals surface area contributed by atoms with Crippen LogP contribution in [0.4, 0.5) is 0 Å². The Morgan fingerprint density at radius 2 is 1.08 bits per heavy atom. The molecule has 2 aromatic rings. The van der Waals surface area contributed by atoms with Crippen LogP contribution in [0.15, 0.2) is 48.5 Å². The van der Waals surface area contributed by atoms with E-state index in [1.807, 2.05) is 0 Å². The Bertz CT molecular complexity index is 319. The Morgan fingerprint density at radius 3 is 1.31 bits per heavy atom. The molecule has 1 nitrogen and oxygen atoms in total. The lowest BCUT2D eigenvalue weighted by Gasteiger charge is -1.92. The van der Waals surface area contributed by atoms with Crippen LogP contribution in [0.3, 0.4) is 0 Å². The summed E-state index contributed by atoms with van der Waals surface area (Å²) in [5.74, 6) is 0. The fraction of sp³-hybridized carbons (Fsp3) is 0. The highest BCUT2D eigenvalue weighted by molar-refractivity contribution is 7.78. The summed E-state index contributed by atoms with van der Waals surface area (Å²) in [6.07, 6.45) is 0. The Hall–Kier alpha value is -1.41. The summed E-state index contributed by atoms with van der Waals surface area (Å²) in [6.45, 7) is 0. The normalized spacial score (nSPS) is 8.62. The lowest BCUT2D eigenvalue weighted by molar-refractivity contribution is 1.75. The van der Waals surface area contributed by atoms with Crippen molar-refractivity contribution in [1.82, 2.24) is 0 Å². The van der Waals surface area contributed by atoms with E-state index in [-0.39, 0.29) is 0 Å². The van der Waals surface area contributed by atoms with E-state index >= 15 is 0 Å². The summed E-state index contributed by atoms with van der Waals surface area (Å²) >= 11 is 4.05. The van der Waals surface area contributed by atoms with Gasteiger partial charge in [-0.3, -0.25) is 0 Å². The average molecular weight is 189 g/mol. The van der Waals surface area contributed by atoms with E-state index in [1.165, 1.54) is 10.8 Å². The van der Waals surface area contributed by atoms with Gasteiger partial charge in [0.05, 0.1) is 5.49 Å². The first kappa shape index (κ1) is 9.68. The standard InChI is InChI=1S/C10H8.CH3NS/c1-2-6-10-8-4-3-7-9(10)5-1;2-1-3/h1-8H;1H,(H2,2,3). The first-order valence-electron chi connectivity index (χ1n) is 3.97. The van der Waals surface area contributed by atoms with Crippen LogP contribution in [0, 0.1) is 0 Å². The highest BCUT2D eigenvalue weighted by atomic mass is 32.1. The number of rotatable bonds is 0. The Labute approximate surface area is 83.2 Å². The van der Waals surface area contributed by atoms with Crippen molar-refractivity contribution in [3.05, 3.63) is 48.5 Å². The van der Waals surface area contributed by atoms with Crippen LogP contribution in [0.1, 0.15) is 0 Å². The third-order valence-corrected chi connectivity index (χ3v) is 1.66. The van der Waals surface area contributed by atoms with Crippen molar-refractivity contribution >= 4 is 28.5 Å². The van der Waals surface area contributed by atoms with E-state index in [2.05, 4.69) is 66.5 Å². The second kappa shape index (κ2) is 5.27. The Kier molecular flexibility index (Phi) is 3.93. The molecule has 0 saturated heterocycles. The van der Waals surface area contributed by atoms with Gasteiger partial charge in [-0.15, -0.1) is 0 Å². The summed E-state index contributed by atoms with van der Waals surface area (Å²) in [4.78, 5) is 0. The third-order valence-electron chi connectivity index (χ3n) is 1.66. The van der Waals surface area contributed by atoms with Gasteiger partial charge in [-0.2, -0.15) is 0 Å². The Balaban J connectivity index is 0.000000251.